The Kier molecular flexibility index (Phi) is 4.47. The molecule has 15 heavy (non-hydrogen) atoms. The molecule has 0 aliphatic carbocycles. The van der Waals surface area contributed by atoms with Gasteiger partial charge in [-0.05, 0) is 11.6 Å². The van der Waals surface area contributed by atoms with E-state index in [4.69, 9.17) is 21.8 Å². The minimum absolute atomic E-state index is 0.0512. The second-order valence-electron chi connectivity index (χ2n) is 2.72. The molecule has 0 fully saturated rings. The Morgan fingerprint density at radius 2 is 2.00 bits per heavy atom. The first-order valence-electron chi connectivity index (χ1n) is 4.28. The lowest BCUT2D eigenvalue weighted by molar-refractivity contribution is 0.105. The van der Waals surface area contributed by atoms with E-state index < -0.39 is 6.10 Å². The van der Waals surface area contributed by atoms with Gasteiger partial charge in [-0.2, -0.15) is 15.0 Å². The van der Waals surface area contributed by atoms with Gasteiger partial charge in [0, 0.05) is 13.6 Å². The first-order valence-corrected chi connectivity index (χ1v) is 4.65. The highest BCUT2D eigenvalue weighted by Gasteiger charge is 2.05. The van der Waals surface area contributed by atoms with Crippen molar-refractivity contribution in [3.63, 3.8) is 0 Å². The summed E-state index contributed by atoms with van der Waals surface area (Å²) in [7, 11) is 1.65. The highest BCUT2D eigenvalue weighted by molar-refractivity contribution is 6.28. The molecule has 0 aromatic carbocycles. The van der Waals surface area contributed by atoms with Crippen molar-refractivity contribution < 1.29 is 10.2 Å². The van der Waals surface area contributed by atoms with Crippen LogP contribution in [-0.4, -0.2) is 51.5 Å². The molecule has 0 spiro atoms. The monoisotopic (exact) mass is 233 g/mol. The van der Waals surface area contributed by atoms with E-state index >= 15 is 0 Å². The van der Waals surface area contributed by atoms with Crippen molar-refractivity contribution in [3.8, 4) is 0 Å². The fraction of sp³-hybridized carbons (Fsp3) is 0.571. The highest BCUT2D eigenvalue weighted by Crippen LogP contribution is 2.08. The molecule has 0 aliphatic heterocycles. The van der Waals surface area contributed by atoms with Gasteiger partial charge in [0.15, 0.2) is 0 Å². The zero-order chi connectivity index (χ0) is 11.3. The molecule has 0 saturated carbocycles. The molecule has 1 aromatic rings. The molecule has 0 radical (unpaired) electrons. The van der Waals surface area contributed by atoms with Gasteiger partial charge in [-0.1, -0.05) is 0 Å². The molecule has 4 N–H and O–H groups in total. The van der Waals surface area contributed by atoms with Crippen molar-refractivity contribution in [1.82, 2.24) is 15.0 Å². The summed E-state index contributed by atoms with van der Waals surface area (Å²) < 4.78 is 0. The summed E-state index contributed by atoms with van der Waals surface area (Å²) >= 11 is 5.62. The Balaban J connectivity index is 2.64. The molecule has 7 nitrogen and oxygen atoms in total. The van der Waals surface area contributed by atoms with Gasteiger partial charge in [0.05, 0.1) is 12.7 Å². The minimum Gasteiger partial charge on any atom is -0.394 e. The fourth-order valence-electron chi connectivity index (χ4n) is 0.815. The summed E-state index contributed by atoms with van der Waals surface area (Å²) in [6, 6.07) is 0. The number of nitrogens with one attached hydrogen (secondary N) is 2. The van der Waals surface area contributed by atoms with Crippen LogP contribution in [0.3, 0.4) is 0 Å². The van der Waals surface area contributed by atoms with Crippen molar-refractivity contribution in [2.24, 2.45) is 0 Å². The first-order chi connectivity index (χ1) is 7.15. The summed E-state index contributed by atoms with van der Waals surface area (Å²) in [5.41, 5.74) is 0. The van der Waals surface area contributed by atoms with E-state index in [0.717, 1.165) is 0 Å². The fourth-order valence-corrected chi connectivity index (χ4v) is 0.975. The number of aliphatic hydroxyl groups is 2. The Morgan fingerprint density at radius 1 is 1.33 bits per heavy atom. The maximum Gasteiger partial charge on any atom is 0.228 e. The van der Waals surface area contributed by atoms with E-state index in [1.165, 1.54) is 0 Å². The van der Waals surface area contributed by atoms with E-state index in [0.29, 0.717) is 5.95 Å². The molecule has 84 valence electrons. The number of hydrogen-bond donors (Lipinski definition) is 4. The zero-order valence-electron chi connectivity index (χ0n) is 8.11. The minimum atomic E-state index is -0.862. The molecule has 1 atom stereocenters. The quantitative estimate of drug-likeness (QED) is 0.535. The topological polar surface area (TPSA) is 103 Å². The van der Waals surface area contributed by atoms with Crippen LogP contribution in [0.1, 0.15) is 0 Å². The normalized spacial score (nSPS) is 12.3. The van der Waals surface area contributed by atoms with Gasteiger partial charge in [0.1, 0.15) is 0 Å². The predicted molar refractivity (Wildman–Crippen MR) is 56.0 cm³/mol. The lowest BCUT2D eigenvalue weighted by atomic mass is 10.4. The Bertz CT molecular complexity index is 324. The standard InChI is InChI=1S/C7H12ClN5O2/c1-9-6-11-5(8)12-7(13-6)10-2-4(15)3-14/h4,14-15H,2-3H2,1H3,(H2,9,10,11,12,13). The Hall–Kier alpha value is -1.18. The number of nitrogens with zero attached hydrogens (tertiary/aromatic N) is 3. The molecule has 1 aromatic heterocycles. The average molecular weight is 234 g/mol. The highest BCUT2D eigenvalue weighted by atomic mass is 35.5. The summed E-state index contributed by atoms with van der Waals surface area (Å²) in [6.07, 6.45) is -0.862. The van der Waals surface area contributed by atoms with Gasteiger partial charge in [0.2, 0.25) is 17.2 Å². The maximum absolute atomic E-state index is 9.08. The second kappa shape index (κ2) is 5.64. The van der Waals surface area contributed by atoms with Crippen LogP contribution in [0.25, 0.3) is 0 Å². The van der Waals surface area contributed by atoms with Crippen LogP contribution in [0.2, 0.25) is 5.28 Å². The van der Waals surface area contributed by atoms with Gasteiger partial charge in [-0.25, -0.2) is 0 Å². The number of aliphatic hydroxyl groups excluding tert-OH is 2. The van der Waals surface area contributed by atoms with E-state index in [9.17, 15) is 0 Å². The number of anilines is 2. The number of hydrogen-bond acceptors (Lipinski definition) is 7. The molecule has 8 heteroatoms. The van der Waals surface area contributed by atoms with Crippen LogP contribution >= 0.6 is 11.6 Å². The van der Waals surface area contributed by atoms with Crippen LogP contribution in [-0.2, 0) is 0 Å². The average Bonchev–Trinajstić information content (AvgIpc) is 2.25. The van der Waals surface area contributed by atoms with E-state index in [2.05, 4.69) is 25.6 Å². The van der Waals surface area contributed by atoms with Gasteiger partial charge in [0.25, 0.3) is 0 Å². The number of aromatic nitrogens is 3. The van der Waals surface area contributed by atoms with Crippen molar-refractivity contribution in [1.29, 1.82) is 0 Å². The third kappa shape index (κ3) is 3.82. The summed E-state index contributed by atoms with van der Waals surface area (Å²) in [5, 5.41) is 23.1. The third-order valence-corrected chi connectivity index (χ3v) is 1.71. The number of rotatable bonds is 5. The first kappa shape index (κ1) is 11.9. The summed E-state index contributed by atoms with van der Waals surface area (Å²) in [6.45, 7) is -0.190. The van der Waals surface area contributed by atoms with Crippen molar-refractivity contribution >= 4 is 23.5 Å². The third-order valence-electron chi connectivity index (χ3n) is 1.54. The van der Waals surface area contributed by atoms with Crippen LogP contribution in [0.4, 0.5) is 11.9 Å². The molecule has 1 rings (SSSR count). The Labute approximate surface area is 91.5 Å². The van der Waals surface area contributed by atoms with Gasteiger partial charge in [-0.3, -0.25) is 0 Å². The zero-order valence-corrected chi connectivity index (χ0v) is 8.86. The molecular weight excluding hydrogens is 222 g/mol. The van der Waals surface area contributed by atoms with Gasteiger partial charge in [-0.15, -0.1) is 0 Å². The lowest BCUT2D eigenvalue weighted by Gasteiger charge is -2.09. The van der Waals surface area contributed by atoms with Crippen molar-refractivity contribution in [2.75, 3.05) is 30.8 Å². The molecule has 0 aliphatic rings. The second-order valence-corrected chi connectivity index (χ2v) is 3.06. The van der Waals surface area contributed by atoms with Gasteiger partial charge < -0.3 is 20.8 Å². The van der Waals surface area contributed by atoms with E-state index in [1.807, 2.05) is 0 Å². The van der Waals surface area contributed by atoms with Crippen LogP contribution in [0, 0.1) is 0 Å². The predicted octanol–water partition coefficient (Wildman–Crippen LogP) is -0.668. The molecule has 0 bridgehead atoms. The SMILES string of the molecule is CNc1nc(Cl)nc(NCC(O)CO)n1. The summed E-state index contributed by atoms with van der Waals surface area (Å²) in [4.78, 5) is 11.5. The molecule has 1 unspecified atom stereocenters. The smallest absolute Gasteiger partial charge is 0.228 e. The molecule has 1 heterocycles. The van der Waals surface area contributed by atoms with Crippen LogP contribution in [0.5, 0.6) is 0 Å². The van der Waals surface area contributed by atoms with E-state index in [-0.39, 0.29) is 24.4 Å². The number of halogens is 1. The molecular formula is C7H12ClN5O2. The van der Waals surface area contributed by atoms with Crippen LogP contribution < -0.4 is 10.6 Å². The van der Waals surface area contributed by atoms with Crippen molar-refractivity contribution in [2.45, 2.75) is 6.10 Å². The molecule has 0 amide bonds. The summed E-state index contributed by atoms with van der Waals surface area (Å²) in [5.74, 6) is 0.572. The Morgan fingerprint density at radius 3 is 2.60 bits per heavy atom. The largest absolute Gasteiger partial charge is 0.394 e. The molecule has 0 saturated heterocycles. The lowest BCUT2D eigenvalue weighted by Crippen LogP contribution is -2.24. The van der Waals surface area contributed by atoms with Gasteiger partial charge >= 0.3 is 0 Å². The van der Waals surface area contributed by atoms with Crippen molar-refractivity contribution in [3.05, 3.63) is 5.28 Å². The maximum atomic E-state index is 9.08. The van der Waals surface area contributed by atoms with Crippen LogP contribution in [0.15, 0.2) is 0 Å². The van der Waals surface area contributed by atoms with E-state index in [1.54, 1.807) is 7.05 Å².